The second-order valence-electron chi connectivity index (χ2n) is 4.76. The highest BCUT2D eigenvalue weighted by molar-refractivity contribution is 7.92. The first kappa shape index (κ1) is 14.7. The fourth-order valence-electron chi connectivity index (χ4n) is 2.29. The fourth-order valence-corrected chi connectivity index (χ4v) is 3.69. The van der Waals surface area contributed by atoms with Crippen molar-refractivity contribution in [1.29, 1.82) is 0 Å². The molecule has 0 bridgehead atoms. The van der Waals surface area contributed by atoms with Crippen molar-refractivity contribution in [3.63, 3.8) is 0 Å². The van der Waals surface area contributed by atoms with Crippen molar-refractivity contribution in [3.8, 4) is 0 Å². The topological polar surface area (TPSA) is 71.5 Å². The average molecular weight is 295 g/mol. The molecule has 5 nitrogen and oxygen atoms in total. The Hall–Kier alpha value is -1.69. The van der Waals surface area contributed by atoms with E-state index in [0.717, 1.165) is 6.42 Å². The first-order valence-corrected chi connectivity index (χ1v) is 8.26. The summed E-state index contributed by atoms with van der Waals surface area (Å²) in [6, 6.07) is 4.47. The van der Waals surface area contributed by atoms with Crippen LogP contribution < -0.4 is 4.90 Å². The zero-order valence-corrected chi connectivity index (χ0v) is 12.4. The quantitative estimate of drug-likeness (QED) is 0.794. The first-order valence-electron chi connectivity index (χ1n) is 6.61. The van der Waals surface area contributed by atoms with Crippen LogP contribution in [0.4, 0.5) is 5.69 Å². The van der Waals surface area contributed by atoms with E-state index in [2.05, 4.69) is 0 Å². The van der Waals surface area contributed by atoms with Crippen molar-refractivity contribution in [2.75, 3.05) is 17.2 Å². The van der Waals surface area contributed by atoms with Crippen LogP contribution in [0.5, 0.6) is 0 Å². The third-order valence-corrected chi connectivity index (χ3v) is 4.93. The summed E-state index contributed by atoms with van der Waals surface area (Å²) in [6.07, 6.45) is 1.06. The standard InChI is InChI=1S/C14H17NO4S/c1-3-7-15-11-8-10(12(16)4-2)5-6-13(11)20(18,19)9-14(15)17/h5-6,8H,3-4,7,9H2,1-2H3. The predicted molar refractivity (Wildman–Crippen MR) is 75.8 cm³/mol. The molecule has 0 saturated heterocycles. The van der Waals surface area contributed by atoms with Crippen molar-refractivity contribution in [2.45, 2.75) is 31.6 Å². The number of hydrogen-bond donors (Lipinski definition) is 0. The van der Waals surface area contributed by atoms with E-state index in [1.54, 1.807) is 6.92 Å². The Bertz CT molecular complexity index is 664. The lowest BCUT2D eigenvalue weighted by molar-refractivity contribution is -0.116. The highest BCUT2D eigenvalue weighted by atomic mass is 32.2. The van der Waals surface area contributed by atoms with Crippen LogP contribution in [0.1, 0.15) is 37.0 Å². The van der Waals surface area contributed by atoms with E-state index >= 15 is 0 Å². The molecule has 0 saturated carbocycles. The lowest BCUT2D eigenvalue weighted by Crippen LogP contribution is -2.41. The van der Waals surface area contributed by atoms with E-state index in [1.807, 2.05) is 6.92 Å². The summed E-state index contributed by atoms with van der Waals surface area (Å²) < 4.78 is 24.1. The van der Waals surface area contributed by atoms with Crippen LogP contribution >= 0.6 is 0 Å². The summed E-state index contributed by atoms with van der Waals surface area (Å²) in [5.74, 6) is -0.999. The van der Waals surface area contributed by atoms with Crippen molar-refractivity contribution in [1.82, 2.24) is 0 Å². The van der Waals surface area contributed by atoms with E-state index < -0.39 is 21.5 Å². The van der Waals surface area contributed by atoms with E-state index in [9.17, 15) is 18.0 Å². The van der Waals surface area contributed by atoms with Crippen LogP contribution in [0.25, 0.3) is 0 Å². The van der Waals surface area contributed by atoms with Crippen molar-refractivity contribution < 1.29 is 18.0 Å². The number of sulfone groups is 1. The van der Waals surface area contributed by atoms with Gasteiger partial charge >= 0.3 is 0 Å². The average Bonchev–Trinajstić information content (AvgIpc) is 2.41. The molecule has 1 aromatic rings. The molecule has 1 aliphatic heterocycles. The largest absolute Gasteiger partial charge is 0.310 e. The number of ketones is 1. The van der Waals surface area contributed by atoms with E-state index in [0.29, 0.717) is 24.2 Å². The molecule has 0 spiro atoms. The van der Waals surface area contributed by atoms with Crippen LogP contribution in [0.3, 0.4) is 0 Å². The number of carbonyl (C=O) groups excluding carboxylic acids is 2. The van der Waals surface area contributed by atoms with Crippen molar-refractivity contribution >= 4 is 27.2 Å². The molecule has 1 heterocycles. The molecule has 1 aromatic carbocycles. The Morgan fingerprint density at radius 3 is 2.60 bits per heavy atom. The minimum absolute atomic E-state index is 0.0698. The van der Waals surface area contributed by atoms with Gasteiger partial charge in [-0.2, -0.15) is 0 Å². The molecule has 2 rings (SSSR count). The van der Waals surface area contributed by atoms with E-state index in [4.69, 9.17) is 0 Å². The van der Waals surface area contributed by atoms with Gasteiger partial charge in [0.2, 0.25) is 5.91 Å². The van der Waals surface area contributed by atoms with Gasteiger partial charge in [-0.05, 0) is 24.6 Å². The maximum atomic E-state index is 12.1. The molecule has 6 heteroatoms. The third-order valence-electron chi connectivity index (χ3n) is 3.29. The molecule has 0 fully saturated rings. The van der Waals surface area contributed by atoms with Gasteiger partial charge in [-0.3, -0.25) is 9.59 Å². The number of amides is 1. The predicted octanol–water partition coefficient (Wildman–Crippen LogP) is 1.81. The Morgan fingerprint density at radius 2 is 2.00 bits per heavy atom. The number of carbonyl (C=O) groups is 2. The number of rotatable bonds is 4. The summed E-state index contributed by atoms with van der Waals surface area (Å²) in [5.41, 5.74) is 0.777. The monoisotopic (exact) mass is 295 g/mol. The number of anilines is 1. The molecule has 0 atom stereocenters. The minimum atomic E-state index is -3.59. The first-order chi connectivity index (χ1) is 9.40. The smallest absolute Gasteiger partial charge is 0.242 e. The SMILES string of the molecule is CCCN1C(=O)CS(=O)(=O)c2ccc(C(=O)CC)cc21. The van der Waals surface area contributed by atoms with Crippen LogP contribution in [-0.2, 0) is 14.6 Å². The number of Topliss-reactive ketones (excluding diaryl/α,β-unsaturated/α-hetero) is 1. The van der Waals surface area contributed by atoms with Crippen LogP contribution in [0.15, 0.2) is 23.1 Å². The molecule has 0 N–H and O–H groups in total. The summed E-state index contributed by atoms with van der Waals surface area (Å²) in [6.45, 7) is 4.11. The van der Waals surface area contributed by atoms with Gasteiger partial charge in [0.15, 0.2) is 15.6 Å². The second kappa shape index (κ2) is 5.36. The highest BCUT2D eigenvalue weighted by Crippen LogP contribution is 2.32. The zero-order valence-electron chi connectivity index (χ0n) is 11.5. The van der Waals surface area contributed by atoms with E-state index in [-0.39, 0.29) is 10.7 Å². The Kier molecular flexibility index (Phi) is 3.94. The minimum Gasteiger partial charge on any atom is -0.310 e. The molecule has 0 unspecified atom stereocenters. The maximum absolute atomic E-state index is 12.1. The maximum Gasteiger partial charge on any atom is 0.242 e. The Labute approximate surface area is 118 Å². The molecule has 108 valence electrons. The molecule has 0 radical (unpaired) electrons. The highest BCUT2D eigenvalue weighted by Gasteiger charge is 2.34. The van der Waals surface area contributed by atoms with Gasteiger partial charge in [-0.15, -0.1) is 0 Å². The van der Waals surface area contributed by atoms with Gasteiger partial charge in [0.05, 0.1) is 10.6 Å². The molecule has 1 amide bonds. The molecule has 1 aliphatic rings. The number of nitrogens with zero attached hydrogens (tertiary/aromatic N) is 1. The lowest BCUT2D eigenvalue weighted by atomic mass is 10.1. The normalized spacial score (nSPS) is 16.9. The van der Waals surface area contributed by atoms with Gasteiger partial charge in [0.1, 0.15) is 5.75 Å². The van der Waals surface area contributed by atoms with Gasteiger partial charge in [-0.25, -0.2) is 8.42 Å². The van der Waals surface area contributed by atoms with Crippen LogP contribution in [0, 0.1) is 0 Å². The second-order valence-corrected chi connectivity index (χ2v) is 6.72. The molecular formula is C14H17NO4S. The van der Waals surface area contributed by atoms with Crippen LogP contribution in [0.2, 0.25) is 0 Å². The molecule has 0 aliphatic carbocycles. The molecular weight excluding hydrogens is 278 g/mol. The zero-order chi connectivity index (χ0) is 14.9. The van der Waals surface area contributed by atoms with Crippen molar-refractivity contribution in [2.24, 2.45) is 0 Å². The molecule has 20 heavy (non-hydrogen) atoms. The summed E-state index contributed by atoms with van der Waals surface area (Å²) in [4.78, 5) is 25.3. The van der Waals surface area contributed by atoms with Gasteiger partial charge in [0, 0.05) is 18.5 Å². The third kappa shape index (κ3) is 2.47. The fraction of sp³-hybridized carbons (Fsp3) is 0.429. The summed E-state index contributed by atoms with van der Waals surface area (Å²) in [5, 5.41) is 0. The Morgan fingerprint density at radius 1 is 1.30 bits per heavy atom. The number of benzene rings is 1. The number of hydrogen-bond acceptors (Lipinski definition) is 4. The van der Waals surface area contributed by atoms with Gasteiger partial charge in [-0.1, -0.05) is 13.8 Å². The summed E-state index contributed by atoms with van der Waals surface area (Å²) in [7, 11) is -3.59. The summed E-state index contributed by atoms with van der Waals surface area (Å²) >= 11 is 0. The van der Waals surface area contributed by atoms with Crippen LogP contribution in [-0.4, -0.2) is 32.4 Å². The van der Waals surface area contributed by atoms with Gasteiger partial charge < -0.3 is 4.90 Å². The molecule has 0 aromatic heterocycles. The Balaban J connectivity index is 2.62. The number of fused-ring (bicyclic) bond motifs is 1. The van der Waals surface area contributed by atoms with Gasteiger partial charge in [0.25, 0.3) is 0 Å². The van der Waals surface area contributed by atoms with E-state index in [1.165, 1.54) is 23.1 Å². The van der Waals surface area contributed by atoms with Crippen molar-refractivity contribution in [3.05, 3.63) is 23.8 Å². The lowest BCUT2D eigenvalue weighted by Gasteiger charge is -2.29.